The van der Waals surface area contributed by atoms with E-state index in [2.05, 4.69) is 39.6 Å². The fraction of sp³-hybridized carbons (Fsp3) is 0.800. The van der Waals surface area contributed by atoms with Crippen molar-refractivity contribution in [2.24, 2.45) is 0 Å². The maximum Gasteiger partial charge on any atom is 0 e. The Morgan fingerprint density at radius 3 is 1.58 bits per heavy atom. The van der Waals surface area contributed by atoms with Gasteiger partial charge in [0.25, 0.3) is 0 Å². The molecule has 0 aromatic carbocycles. The van der Waals surface area contributed by atoms with E-state index in [-0.39, 0.29) is 38.2 Å². The van der Waals surface area contributed by atoms with Crippen molar-refractivity contribution in [3.8, 4) is 0 Å². The van der Waals surface area contributed by atoms with Crippen LogP contribution in [0.5, 0.6) is 0 Å². The van der Waals surface area contributed by atoms with Crippen molar-refractivity contribution in [2.75, 3.05) is 6.54 Å². The van der Waals surface area contributed by atoms with Crippen LogP contribution in [-0.4, -0.2) is 17.0 Å². The molecule has 12 heavy (non-hydrogen) atoms. The summed E-state index contributed by atoms with van der Waals surface area (Å²) in [5.41, 5.74) is 0.192. The monoisotopic (exact) mass is 246 g/mol. The third kappa shape index (κ3) is 11.1. The van der Waals surface area contributed by atoms with Gasteiger partial charge in [-0.1, -0.05) is 20.4 Å². The van der Waals surface area contributed by atoms with Gasteiger partial charge in [-0.2, -0.15) is 6.42 Å². The summed E-state index contributed by atoms with van der Waals surface area (Å²) in [5, 5.41) is 0. The molecule has 0 atom stereocenters. The molecule has 0 aliphatic heterocycles. The predicted octanol–water partition coefficient (Wildman–Crippen LogP) is 3.13. The molecular weight excluding hydrogens is 223 g/mol. The maximum atomic E-state index is 3.89. The minimum atomic E-state index is 0. The molecule has 0 aromatic rings. The molecule has 1 radical (unpaired) electrons. The van der Waals surface area contributed by atoms with Crippen molar-refractivity contribution >= 4 is 0 Å². The normalized spacial score (nSPS) is 10.0. The third-order valence-corrected chi connectivity index (χ3v) is 1.38. The molecule has 0 heterocycles. The standard InChI is InChI=1S/C8H17N.C2H6.Y/c1-6-7-9(5)8(2,3)4;1-2;/h1,5-7H2,2-4H3;1-2H3;/q-2;;. The van der Waals surface area contributed by atoms with Crippen LogP contribution >= 0.6 is 0 Å². The Labute approximate surface area is 104 Å². The Hall–Kier alpha value is 1.06. The van der Waals surface area contributed by atoms with Crippen LogP contribution < -0.4 is 0 Å². The number of rotatable bonds is 2. The van der Waals surface area contributed by atoms with Crippen molar-refractivity contribution in [1.29, 1.82) is 0 Å². The van der Waals surface area contributed by atoms with E-state index < -0.39 is 0 Å². The molecule has 0 fully saturated rings. The van der Waals surface area contributed by atoms with Gasteiger partial charge >= 0.3 is 0 Å². The van der Waals surface area contributed by atoms with Gasteiger partial charge in [-0.05, 0) is 26.3 Å². The zero-order valence-corrected chi connectivity index (χ0v) is 12.2. The summed E-state index contributed by atoms with van der Waals surface area (Å²) >= 11 is 0. The van der Waals surface area contributed by atoms with E-state index in [1.54, 1.807) is 0 Å². The fourth-order valence-electron chi connectivity index (χ4n) is 0.526. The summed E-state index contributed by atoms with van der Waals surface area (Å²) in [6.45, 7) is 15.2. The molecule has 0 bridgehead atoms. The summed E-state index contributed by atoms with van der Waals surface area (Å²) in [4.78, 5) is 2.06. The van der Waals surface area contributed by atoms with Gasteiger partial charge in [0.05, 0.1) is 0 Å². The summed E-state index contributed by atoms with van der Waals surface area (Å²) in [5.74, 6) is 0. The Morgan fingerprint density at radius 2 is 1.50 bits per heavy atom. The molecule has 0 aromatic heterocycles. The smallest absolute Gasteiger partial charge is 0 e. The van der Waals surface area contributed by atoms with Crippen LogP contribution in [0.2, 0.25) is 0 Å². The van der Waals surface area contributed by atoms with Crippen LogP contribution in [0.25, 0.3) is 0 Å². The molecule has 0 spiro atoms. The maximum absolute atomic E-state index is 3.89. The van der Waals surface area contributed by atoms with E-state index in [1.807, 2.05) is 13.8 Å². The average Bonchev–Trinajstić information content (AvgIpc) is 1.91. The van der Waals surface area contributed by atoms with Crippen LogP contribution in [0.4, 0.5) is 0 Å². The first kappa shape index (κ1) is 18.8. The Bertz CT molecular complexity index is 76.4. The van der Waals surface area contributed by atoms with E-state index >= 15 is 0 Å². The summed E-state index contributed by atoms with van der Waals surface area (Å²) in [7, 11) is 3.89. The van der Waals surface area contributed by atoms with E-state index in [9.17, 15) is 0 Å². The number of nitrogens with zero attached hydrogens (tertiary/aromatic N) is 1. The van der Waals surface area contributed by atoms with Gasteiger partial charge in [-0.25, -0.2) is 0 Å². The molecule has 1 nitrogen and oxygen atoms in total. The average molecular weight is 246 g/mol. The van der Waals surface area contributed by atoms with E-state index in [4.69, 9.17) is 0 Å². The summed E-state index contributed by atoms with van der Waals surface area (Å²) < 4.78 is 0. The molecule has 0 unspecified atom stereocenters. The fourth-order valence-corrected chi connectivity index (χ4v) is 0.526. The third-order valence-electron chi connectivity index (χ3n) is 1.38. The van der Waals surface area contributed by atoms with E-state index in [0.29, 0.717) is 0 Å². The Kier molecular flexibility index (Phi) is 15.9. The van der Waals surface area contributed by atoms with Crippen molar-refractivity contribution in [3.05, 3.63) is 14.0 Å². The SMILES string of the molecule is CC.[CH2-]CCN([CH2-])C(C)(C)C.[Y]. The summed E-state index contributed by atoms with van der Waals surface area (Å²) in [6.07, 6.45) is 0.931. The first-order valence-corrected chi connectivity index (χ1v) is 4.36. The van der Waals surface area contributed by atoms with Crippen LogP contribution in [-0.2, 0) is 32.7 Å². The van der Waals surface area contributed by atoms with Gasteiger partial charge in [0.1, 0.15) is 0 Å². The Morgan fingerprint density at radius 1 is 1.17 bits per heavy atom. The number of hydrogen-bond acceptors (Lipinski definition) is 1. The molecular formula is C10H23NY-2. The first-order chi connectivity index (χ1) is 4.98. The van der Waals surface area contributed by atoms with Crippen LogP contribution in [0, 0.1) is 14.0 Å². The predicted molar refractivity (Wildman–Crippen MR) is 53.1 cm³/mol. The Balaban J connectivity index is -0.000000249. The second kappa shape index (κ2) is 10.1. The van der Waals surface area contributed by atoms with Crippen molar-refractivity contribution in [2.45, 2.75) is 46.6 Å². The van der Waals surface area contributed by atoms with Crippen LogP contribution in [0.3, 0.4) is 0 Å². The minimum Gasteiger partial charge on any atom is -0.457 e. The molecule has 0 rings (SSSR count). The molecule has 0 aliphatic rings. The molecule has 73 valence electrons. The quantitative estimate of drug-likeness (QED) is 0.676. The van der Waals surface area contributed by atoms with Gasteiger partial charge in [-0.15, -0.1) is 0 Å². The topological polar surface area (TPSA) is 3.24 Å². The van der Waals surface area contributed by atoms with E-state index in [0.717, 1.165) is 13.0 Å². The molecule has 2 heteroatoms. The molecule has 0 aliphatic carbocycles. The van der Waals surface area contributed by atoms with Gasteiger partial charge in [-0.3, -0.25) is 7.05 Å². The molecule has 0 N–H and O–H groups in total. The van der Waals surface area contributed by atoms with E-state index in [1.165, 1.54) is 0 Å². The van der Waals surface area contributed by atoms with Gasteiger partial charge in [0.2, 0.25) is 0 Å². The van der Waals surface area contributed by atoms with Crippen LogP contribution in [0.1, 0.15) is 41.0 Å². The largest absolute Gasteiger partial charge is 0.457 e. The zero-order chi connectivity index (χ0) is 9.49. The van der Waals surface area contributed by atoms with Gasteiger partial charge < -0.3 is 11.8 Å². The van der Waals surface area contributed by atoms with Gasteiger partial charge in [0.15, 0.2) is 0 Å². The van der Waals surface area contributed by atoms with Crippen molar-refractivity contribution < 1.29 is 32.7 Å². The van der Waals surface area contributed by atoms with Gasteiger partial charge in [0, 0.05) is 32.7 Å². The molecule has 0 amide bonds. The van der Waals surface area contributed by atoms with Crippen LogP contribution in [0.15, 0.2) is 0 Å². The second-order valence-electron chi connectivity index (χ2n) is 3.29. The molecule has 0 saturated heterocycles. The van der Waals surface area contributed by atoms with Crippen molar-refractivity contribution in [3.63, 3.8) is 0 Å². The zero-order valence-electron chi connectivity index (χ0n) is 9.35. The minimum absolute atomic E-state index is 0. The molecule has 0 saturated carbocycles. The number of hydrogen-bond donors (Lipinski definition) is 0. The summed E-state index contributed by atoms with van der Waals surface area (Å²) in [6, 6.07) is 0. The first-order valence-electron chi connectivity index (χ1n) is 4.36. The second-order valence-corrected chi connectivity index (χ2v) is 3.29. The van der Waals surface area contributed by atoms with Crippen molar-refractivity contribution in [1.82, 2.24) is 4.90 Å².